The molecule has 74 heavy (non-hydrogen) atoms. The average Bonchev–Trinajstić information content (AvgIpc) is 4.18. The smallest absolute Gasteiger partial charge is 0.657 e. The Bertz CT molecular complexity index is 4040. The number of aryl methyl sites for hydroxylation is 8. The van der Waals surface area contributed by atoms with Crippen molar-refractivity contribution in [3.8, 4) is 64.0 Å². The van der Waals surface area contributed by atoms with E-state index in [4.69, 9.17) is 19.9 Å². The van der Waals surface area contributed by atoms with Gasteiger partial charge in [-0.2, -0.15) is 0 Å². The molecule has 0 saturated carbocycles. The molecule has 0 amide bonds. The Kier molecular flexibility index (Phi) is 13.3. The number of nitrogens with zero attached hydrogens (tertiary/aromatic N) is 4. The van der Waals surface area contributed by atoms with Gasteiger partial charge in [-0.05, 0) is 164 Å². The fourth-order valence-corrected chi connectivity index (χ4v) is 13.7. The fraction of sp³-hybridized carbons (Fsp3) is 0.121. The van der Waals surface area contributed by atoms with E-state index >= 15 is 0 Å². The third kappa shape index (κ3) is 9.53. The first kappa shape index (κ1) is 49.2. The topological polar surface area (TPSA) is 54.0 Å². The third-order valence-corrected chi connectivity index (χ3v) is 16.8. The zero-order valence-corrected chi connectivity index (χ0v) is 48.3. The van der Waals surface area contributed by atoms with Crippen molar-refractivity contribution in [2.45, 2.75) is 55.4 Å². The molecule has 0 atom stereocenters. The molecule has 0 fully saturated rings. The van der Waals surface area contributed by atoms with E-state index in [1.807, 2.05) is 11.3 Å². The quantitative estimate of drug-likeness (QED) is 0.142. The molecule has 0 N–H and O–H groups in total. The summed E-state index contributed by atoms with van der Waals surface area (Å²) >= 11 is 5.41. The van der Waals surface area contributed by atoms with Gasteiger partial charge >= 0.3 is 19.5 Å². The SMILES string of the molecule is Cc1cc(C)cc(-c2c3nc(c(-c4cc(C)cc(C)c4)c4cc(/C=C/c5cc(-c6cccs6)sc5-c5cccs5)c([n-]4)c(-c4cc(C)cc(C)c4)c4nc(c(-c5cc(C)cc(C)c5)c5ccc2[n-]5)C=C4)C=C3)c1.[Zn+2]. The van der Waals surface area contributed by atoms with E-state index in [-0.39, 0.29) is 19.5 Å². The number of hydrogen-bond donors (Lipinski definition) is 0. The summed E-state index contributed by atoms with van der Waals surface area (Å²) in [5.41, 5.74) is 26.6. The maximum absolute atomic E-state index is 5.86. The van der Waals surface area contributed by atoms with Crippen molar-refractivity contribution >= 4 is 92.5 Å². The first-order valence-corrected chi connectivity index (χ1v) is 27.3. The Morgan fingerprint density at radius 2 is 0.770 bits per heavy atom. The predicted molar refractivity (Wildman–Crippen MR) is 316 cm³/mol. The van der Waals surface area contributed by atoms with Crippen molar-refractivity contribution in [3.05, 3.63) is 210 Å². The van der Waals surface area contributed by atoms with Crippen LogP contribution in [0.1, 0.15) is 78.4 Å². The van der Waals surface area contributed by atoms with Gasteiger partial charge in [0, 0.05) is 14.6 Å². The fourth-order valence-electron chi connectivity index (χ4n) is 10.8. The van der Waals surface area contributed by atoms with Crippen LogP contribution in [0.25, 0.3) is 123 Å². The van der Waals surface area contributed by atoms with Crippen molar-refractivity contribution < 1.29 is 19.5 Å². The first-order chi connectivity index (χ1) is 35.4. The maximum atomic E-state index is 5.86. The maximum Gasteiger partial charge on any atom is 2.00 e. The summed E-state index contributed by atoms with van der Waals surface area (Å²) in [6.45, 7) is 17.3. The van der Waals surface area contributed by atoms with Crippen molar-refractivity contribution in [1.29, 1.82) is 0 Å². The molecule has 0 saturated heterocycles. The second-order valence-electron chi connectivity index (χ2n) is 19.8. The van der Waals surface area contributed by atoms with Gasteiger partial charge in [-0.1, -0.05) is 160 Å². The average molecular weight is 1060 g/mol. The van der Waals surface area contributed by atoms with Crippen molar-refractivity contribution in [2.75, 3.05) is 0 Å². The minimum Gasteiger partial charge on any atom is -0.657 e. The van der Waals surface area contributed by atoms with Gasteiger partial charge in [-0.15, -0.1) is 56.1 Å². The third-order valence-electron chi connectivity index (χ3n) is 13.5. The minimum atomic E-state index is 0. The molecule has 0 radical (unpaired) electrons. The molecule has 8 heterocycles. The van der Waals surface area contributed by atoms with Gasteiger partial charge in [-0.25, -0.2) is 9.97 Å². The summed E-state index contributed by atoms with van der Waals surface area (Å²) in [5.74, 6) is 0. The zero-order valence-electron chi connectivity index (χ0n) is 42.9. The van der Waals surface area contributed by atoms with Gasteiger partial charge in [0.15, 0.2) is 0 Å². The molecule has 356 valence electrons. The molecule has 12 rings (SSSR count). The Hall–Kier alpha value is -7.06. The Balaban J connectivity index is 0.00000588. The molecule has 10 aromatic rings. The number of fused-ring (bicyclic) bond motifs is 8. The Morgan fingerprint density at radius 1 is 0.378 bits per heavy atom. The van der Waals surface area contributed by atoms with Crippen molar-refractivity contribution in [1.82, 2.24) is 19.9 Å². The van der Waals surface area contributed by atoms with Crippen LogP contribution in [-0.2, 0) is 19.5 Å². The van der Waals surface area contributed by atoms with Crippen LogP contribution in [0, 0.1) is 55.4 Å². The van der Waals surface area contributed by atoms with Crippen LogP contribution in [0.4, 0.5) is 0 Å². The molecular weight excluding hydrogens is 1010 g/mol. The van der Waals surface area contributed by atoms with Gasteiger partial charge < -0.3 is 9.97 Å². The van der Waals surface area contributed by atoms with Crippen LogP contribution < -0.4 is 9.97 Å². The summed E-state index contributed by atoms with van der Waals surface area (Å²) in [7, 11) is 0. The second kappa shape index (κ2) is 20.0. The minimum absolute atomic E-state index is 0. The number of hydrogen-bond acceptors (Lipinski definition) is 5. The summed E-state index contributed by atoms with van der Waals surface area (Å²) in [6.07, 6.45) is 13.3. The normalized spacial score (nSPS) is 12.1. The summed E-state index contributed by atoms with van der Waals surface area (Å²) in [4.78, 5) is 27.8. The molecule has 4 aromatic carbocycles. The Labute approximate surface area is 458 Å². The summed E-state index contributed by atoms with van der Waals surface area (Å²) in [6, 6.07) is 44.7. The molecule has 0 unspecified atom stereocenters. The van der Waals surface area contributed by atoms with E-state index in [0.717, 1.165) is 94.9 Å². The molecule has 2 aliphatic heterocycles. The van der Waals surface area contributed by atoms with Crippen LogP contribution in [0.3, 0.4) is 0 Å². The van der Waals surface area contributed by atoms with E-state index in [2.05, 4.69) is 224 Å². The van der Waals surface area contributed by atoms with E-state index in [9.17, 15) is 0 Å². The first-order valence-electron chi connectivity index (χ1n) is 24.7. The number of benzene rings is 4. The largest absolute Gasteiger partial charge is 2.00 e. The van der Waals surface area contributed by atoms with E-state index in [1.165, 1.54) is 69.6 Å². The summed E-state index contributed by atoms with van der Waals surface area (Å²) < 4.78 is 0. The predicted octanol–water partition coefficient (Wildman–Crippen LogP) is 18.7. The van der Waals surface area contributed by atoms with Crippen LogP contribution in [0.2, 0.25) is 0 Å². The van der Waals surface area contributed by atoms with Gasteiger partial charge in [0.1, 0.15) is 0 Å². The van der Waals surface area contributed by atoms with Gasteiger partial charge in [-0.3, -0.25) is 0 Å². The van der Waals surface area contributed by atoms with Crippen molar-refractivity contribution in [3.63, 3.8) is 0 Å². The Morgan fingerprint density at radius 3 is 1.20 bits per heavy atom. The standard InChI is InChI=1S/C66H52N4S3.Zn/c1-37-23-38(2)28-47(27-37)61-51-15-16-52(67-51)62(48-29-39(3)24-40(4)30-48)54-19-20-56(69-54)64(50-33-43(7)26-44(8)34-50)65-45(13-14-46-36-60(58-11-9-21-71-58)73-66(46)59-12-10-22-72-59)35-57(70-65)63(55-18-17-53(61)68-55)49-31-41(5)25-42(6)32-49;/h9-36H,1-8H3;/q-2;+2/b14-13+,61-51?,61-53?,62-52?,62-54?,63-55?,63-57?,64-56?,65-64?;. The molecule has 8 heteroatoms. The number of thiophene rings is 3. The molecule has 0 spiro atoms. The number of rotatable bonds is 8. The van der Waals surface area contributed by atoms with Gasteiger partial charge in [0.05, 0.1) is 27.7 Å². The van der Waals surface area contributed by atoms with Crippen LogP contribution in [0.15, 0.2) is 132 Å². The molecule has 2 aliphatic rings. The van der Waals surface area contributed by atoms with Crippen molar-refractivity contribution in [2.24, 2.45) is 0 Å². The second-order valence-corrected chi connectivity index (χ2v) is 22.7. The van der Waals surface area contributed by atoms with Crippen LogP contribution >= 0.6 is 34.0 Å². The zero-order chi connectivity index (χ0) is 50.1. The van der Waals surface area contributed by atoms with Crippen LogP contribution in [-0.4, -0.2) is 9.97 Å². The summed E-state index contributed by atoms with van der Waals surface area (Å²) in [5, 5.41) is 4.32. The molecular formula is C66H52N4S3Zn. The van der Waals surface area contributed by atoms with Gasteiger partial charge in [0.2, 0.25) is 0 Å². The van der Waals surface area contributed by atoms with E-state index < -0.39 is 0 Å². The molecule has 0 aliphatic carbocycles. The molecule has 6 aromatic heterocycles. The van der Waals surface area contributed by atoms with E-state index in [0.29, 0.717) is 0 Å². The van der Waals surface area contributed by atoms with E-state index in [1.54, 1.807) is 22.7 Å². The molecule has 4 nitrogen and oxygen atoms in total. The molecule has 8 bridgehead atoms. The monoisotopic (exact) mass is 1060 g/mol. The van der Waals surface area contributed by atoms with Gasteiger partial charge in [0.25, 0.3) is 0 Å². The number of aromatic nitrogens is 4. The van der Waals surface area contributed by atoms with Crippen LogP contribution in [0.5, 0.6) is 0 Å².